The molecule has 1 heterocycles. The van der Waals surface area contributed by atoms with E-state index in [9.17, 15) is 18.5 Å². The first-order chi connectivity index (χ1) is 11.3. The molecule has 3 N–H and O–H groups in total. The summed E-state index contributed by atoms with van der Waals surface area (Å²) in [7, 11) is -4.15. The maximum atomic E-state index is 11.6. The van der Waals surface area contributed by atoms with E-state index in [1.807, 2.05) is 0 Å². The monoisotopic (exact) mass is 356 g/mol. The Morgan fingerprint density at radius 1 is 1.33 bits per heavy atom. The fraction of sp³-hybridized carbons (Fsp3) is 0.600. The van der Waals surface area contributed by atoms with Crippen molar-refractivity contribution in [1.82, 2.24) is 4.90 Å². The predicted molar refractivity (Wildman–Crippen MR) is 92.4 cm³/mol. The molecule has 8 nitrogen and oxygen atoms in total. The standard InChI is InChI=1S/C15H24N4O4S/c1-12(11-18-8-3-2-4-9-18)10-17-13-6-5-7-14(24(16,22)23)15(13)19(20)21/h5-7,12,17H,2-4,8-11H2,1H3,(H2,16,22,23). The summed E-state index contributed by atoms with van der Waals surface area (Å²) in [6.07, 6.45) is 3.69. The third kappa shape index (κ3) is 4.89. The number of para-hydroxylation sites is 1. The van der Waals surface area contributed by atoms with Gasteiger partial charge in [0.2, 0.25) is 10.0 Å². The second-order valence-electron chi connectivity index (χ2n) is 6.30. The molecule has 0 aliphatic carbocycles. The van der Waals surface area contributed by atoms with Crippen molar-refractivity contribution in [3.8, 4) is 0 Å². The molecule has 1 unspecified atom stereocenters. The SMILES string of the molecule is CC(CNc1cccc(S(N)(=O)=O)c1[N+](=O)[O-])CN1CCCCC1. The third-order valence-corrected chi connectivity index (χ3v) is 5.09. The number of anilines is 1. The van der Waals surface area contributed by atoms with Crippen LogP contribution in [0.4, 0.5) is 11.4 Å². The summed E-state index contributed by atoms with van der Waals surface area (Å²) in [6.45, 7) is 5.68. The van der Waals surface area contributed by atoms with E-state index in [4.69, 9.17) is 5.14 Å². The van der Waals surface area contributed by atoms with Gasteiger partial charge in [0.05, 0.1) is 4.92 Å². The Balaban J connectivity index is 2.07. The van der Waals surface area contributed by atoms with Crippen molar-refractivity contribution in [2.45, 2.75) is 31.1 Å². The summed E-state index contributed by atoms with van der Waals surface area (Å²) < 4.78 is 23.1. The highest BCUT2D eigenvalue weighted by molar-refractivity contribution is 7.89. The number of piperidine rings is 1. The molecular weight excluding hydrogens is 332 g/mol. The number of hydrogen-bond acceptors (Lipinski definition) is 6. The molecule has 1 fully saturated rings. The Morgan fingerprint density at radius 2 is 2.00 bits per heavy atom. The van der Waals surface area contributed by atoms with Crippen LogP contribution in [0.5, 0.6) is 0 Å². The molecule has 0 spiro atoms. The molecule has 9 heteroatoms. The highest BCUT2D eigenvalue weighted by atomic mass is 32.2. The van der Waals surface area contributed by atoms with Crippen LogP contribution in [-0.2, 0) is 10.0 Å². The number of nitro groups is 1. The summed E-state index contributed by atoms with van der Waals surface area (Å²) in [6, 6.07) is 4.10. The van der Waals surface area contributed by atoms with Crippen LogP contribution in [0, 0.1) is 16.0 Å². The average Bonchev–Trinajstić information content (AvgIpc) is 2.52. The van der Waals surface area contributed by atoms with Crippen molar-refractivity contribution in [3.05, 3.63) is 28.3 Å². The fourth-order valence-corrected chi connectivity index (χ4v) is 3.74. The van der Waals surface area contributed by atoms with E-state index >= 15 is 0 Å². The quantitative estimate of drug-likeness (QED) is 0.568. The van der Waals surface area contributed by atoms with Crippen LogP contribution < -0.4 is 10.5 Å². The lowest BCUT2D eigenvalue weighted by molar-refractivity contribution is -0.386. The van der Waals surface area contributed by atoms with Crippen LogP contribution >= 0.6 is 0 Å². The van der Waals surface area contributed by atoms with E-state index in [-0.39, 0.29) is 11.6 Å². The van der Waals surface area contributed by atoms with Gasteiger partial charge in [-0.05, 0) is 44.0 Å². The molecule has 24 heavy (non-hydrogen) atoms. The van der Waals surface area contributed by atoms with Crippen LogP contribution in [-0.4, -0.2) is 44.4 Å². The molecule has 1 saturated heterocycles. The number of hydrogen-bond donors (Lipinski definition) is 2. The maximum Gasteiger partial charge on any atom is 0.312 e. The zero-order valence-electron chi connectivity index (χ0n) is 13.8. The van der Waals surface area contributed by atoms with Gasteiger partial charge in [-0.15, -0.1) is 0 Å². The van der Waals surface area contributed by atoms with Crippen molar-refractivity contribution in [1.29, 1.82) is 0 Å². The Morgan fingerprint density at radius 3 is 2.58 bits per heavy atom. The smallest absolute Gasteiger partial charge is 0.312 e. The van der Waals surface area contributed by atoms with Crippen molar-refractivity contribution >= 4 is 21.4 Å². The second-order valence-corrected chi connectivity index (χ2v) is 7.83. The number of nitrogens with zero attached hydrogens (tertiary/aromatic N) is 2. The van der Waals surface area contributed by atoms with E-state index in [2.05, 4.69) is 17.1 Å². The first kappa shape index (κ1) is 18.6. The minimum absolute atomic E-state index is 0.178. The number of primary sulfonamides is 1. The number of likely N-dealkylation sites (tertiary alicyclic amines) is 1. The largest absolute Gasteiger partial charge is 0.379 e. The van der Waals surface area contributed by atoms with Crippen molar-refractivity contribution in [3.63, 3.8) is 0 Å². The zero-order chi connectivity index (χ0) is 17.7. The molecule has 1 aromatic carbocycles. The normalized spacial score (nSPS) is 17.4. The van der Waals surface area contributed by atoms with Crippen molar-refractivity contribution in [2.24, 2.45) is 11.1 Å². The zero-order valence-corrected chi connectivity index (χ0v) is 14.6. The van der Waals surface area contributed by atoms with Crippen molar-refractivity contribution in [2.75, 3.05) is 31.5 Å². The molecule has 1 aliphatic heterocycles. The van der Waals surface area contributed by atoms with E-state index in [0.717, 1.165) is 25.7 Å². The number of nitrogens with two attached hydrogens (primary N) is 1. The van der Waals surface area contributed by atoms with Gasteiger partial charge in [-0.25, -0.2) is 13.6 Å². The van der Waals surface area contributed by atoms with Gasteiger partial charge in [-0.3, -0.25) is 10.1 Å². The highest BCUT2D eigenvalue weighted by Crippen LogP contribution is 2.31. The Bertz CT molecular complexity index is 687. The van der Waals surface area contributed by atoms with Crippen LogP contribution in [0.15, 0.2) is 23.1 Å². The van der Waals surface area contributed by atoms with E-state index in [1.165, 1.54) is 31.4 Å². The summed E-state index contributed by atoms with van der Waals surface area (Å²) in [4.78, 5) is 12.5. The minimum Gasteiger partial charge on any atom is -0.379 e. The Hall–Kier alpha value is -1.71. The van der Waals surface area contributed by atoms with Gasteiger partial charge in [-0.1, -0.05) is 19.4 Å². The number of rotatable bonds is 7. The number of nitrogens with one attached hydrogen (secondary N) is 1. The van der Waals surface area contributed by atoms with Gasteiger partial charge in [0.25, 0.3) is 0 Å². The summed E-state index contributed by atoms with van der Waals surface area (Å²) in [5, 5.41) is 19.4. The molecule has 0 bridgehead atoms. The van der Waals surface area contributed by atoms with Crippen molar-refractivity contribution < 1.29 is 13.3 Å². The van der Waals surface area contributed by atoms with Crippen LogP contribution in [0.3, 0.4) is 0 Å². The number of sulfonamides is 1. The third-order valence-electron chi connectivity index (χ3n) is 4.15. The van der Waals surface area contributed by atoms with E-state index in [1.54, 1.807) is 0 Å². The molecule has 134 valence electrons. The number of benzene rings is 1. The first-order valence-electron chi connectivity index (χ1n) is 8.05. The summed E-state index contributed by atoms with van der Waals surface area (Å²) in [5.41, 5.74) is -0.317. The van der Waals surface area contributed by atoms with E-state index in [0.29, 0.717) is 6.54 Å². The molecular formula is C15H24N4O4S. The molecule has 0 amide bonds. The maximum absolute atomic E-state index is 11.6. The van der Waals surface area contributed by atoms with Crippen LogP contribution in [0.2, 0.25) is 0 Å². The van der Waals surface area contributed by atoms with Gasteiger partial charge in [0.15, 0.2) is 4.90 Å². The lowest BCUT2D eigenvalue weighted by Crippen LogP contribution is -2.35. The van der Waals surface area contributed by atoms with E-state index < -0.39 is 25.5 Å². The summed E-state index contributed by atoms with van der Waals surface area (Å²) >= 11 is 0. The molecule has 1 aromatic rings. The lowest BCUT2D eigenvalue weighted by Gasteiger charge is -2.29. The molecule has 2 rings (SSSR count). The Kier molecular flexibility index (Phi) is 6.14. The second kappa shape index (κ2) is 7.91. The minimum atomic E-state index is -4.15. The molecule has 0 saturated carbocycles. The van der Waals surface area contributed by atoms with Gasteiger partial charge >= 0.3 is 5.69 Å². The van der Waals surface area contributed by atoms with Gasteiger partial charge in [-0.2, -0.15) is 0 Å². The molecule has 0 aromatic heterocycles. The fourth-order valence-electron chi connectivity index (χ4n) is 3.01. The lowest BCUT2D eigenvalue weighted by atomic mass is 10.1. The average molecular weight is 356 g/mol. The van der Waals surface area contributed by atoms with Gasteiger partial charge < -0.3 is 10.2 Å². The molecule has 0 radical (unpaired) electrons. The molecule has 1 atom stereocenters. The highest BCUT2D eigenvalue weighted by Gasteiger charge is 2.26. The Labute approximate surface area is 142 Å². The van der Waals surface area contributed by atoms with Crippen LogP contribution in [0.25, 0.3) is 0 Å². The first-order valence-corrected chi connectivity index (χ1v) is 9.60. The van der Waals surface area contributed by atoms with Gasteiger partial charge in [0, 0.05) is 13.1 Å². The molecule has 1 aliphatic rings. The van der Waals surface area contributed by atoms with Gasteiger partial charge in [0.1, 0.15) is 5.69 Å². The number of nitro benzene ring substituents is 1. The topological polar surface area (TPSA) is 119 Å². The summed E-state index contributed by atoms with van der Waals surface area (Å²) in [5.74, 6) is 0.279. The van der Waals surface area contributed by atoms with Crippen LogP contribution in [0.1, 0.15) is 26.2 Å². The predicted octanol–water partition coefficient (Wildman–Crippen LogP) is 1.78.